The Bertz CT molecular complexity index is 484. The van der Waals surface area contributed by atoms with E-state index in [2.05, 4.69) is 16.5 Å². The van der Waals surface area contributed by atoms with Gasteiger partial charge in [-0.2, -0.15) is 0 Å². The van der Waals surface area contributed by atoms with E-state index in [0.29, 0.717) is 12.5 Å². The fourth-order valence-corrected chi connectivity index (χ4v) is 4.54. The number of hydrogen-bond acceptors (Lipinski definition) is 3. The van der Waals surface area contributed by atoms with Gasteiger partial charge < -0.3 is 4.90 Å². The highest BCUT2D eigenvalue weighted by molar-refractivity contribution is 7.88. The molecule has 2 aliphatic rings. The van der Waals surface area contributed by atoms with Crippen molar-refractivity contribution in [3.8, 4) is 0 Å². The molecule has 1 saturated carbocycles. The molecule has 0 aromatic rings. The summed E-state index contributed by atoms with van der Waals surface area (Å²) in [7, 11) is -3.15. The number of nitrogens with zero attached hydrogens (tertiary/aromatic N) is 1. The van der Waals surface area contributed by atoms with Crippen molar-refractivity contribution in [3.63, 3.8) is 0 Å². The molecule has 1 unspecified atom stereocenters. The third kappa shape index (κ3) is 5.75. The molecule has 0 aromatic carbocycles. The Hall–Kier alpha value is -0.620. The minimum atomic E-state index is -3.15. The molecule has 0 spiro atoms. The van der Waals surface area contributed by atoms with Crippen LogP contribution in [-0.4, -0.2) is 44.6 Å². The number of amides is 1. The van der Waals surface area contributed by atoms with Crippen LogP contribution in [0.4, 0.5) is 0 Å². The van der Waals surface area contributed by atoms with Crippen LogP contribution in [0.5, 0.6) is 0 Å². The highest BCUT2D eigenvalue weighted by Gasteiger charge is 2.33. The lowest BCUT2D eigenvalue weighted by molar-refractivity contribution is -0.140. The fraction of sp³-hybridized carbons (Fsp3) is 0.941. The second-order valence-electron chi connectivity index (χ2n) is 7.26. The van der Waals surface area contributed by atoms with Gasteiger partial charge in [-0.05, 0) is 57.3 Å². The second kappa shape index (κ2) is 8.47. The molecule has 134 valence electrons. The number of hydrogen-bond donors (Lipinski definition) is 1. The number of carbonyl (C=O) groups excluding carboxylic acids is 1. The number of sulfonamides is 1. The minimum Gasteiger partial charge on any atom is -0.339 e. The molecule has 5 nitrogen and oxygen atoms in total. The van der Waals surface area contributed by atoms with Crippen molar-refractivity contribution < 1.29 is 13.2 Å². The summed E-state index contributed by atoms with van der Waals surface area (Å²) in [5.74, 6) is 1.32. The molecule has 1 atom stereocenters. The summed E-state index contributed by atoms with van der Waals surface area (Å²) in [5, 5.41) is 0. The van der Waals surface area contributed by atoms with Crippen molar-refractivity contribution in [2.45, 2.75) is 70.8 Å². The van der Waals surface area contributed by atoms with Gasteiger partial charge in [0.2, 0.25) is 15.9 Å². The molecule has 2 fully saturated rings. The van der Waals surface area contributed by atoms with Crippen molar-refractivity contribution in [1.82, 2.24) is 9.62 Å². The van der Waals surface area contributed by atoms with Crippen LogP contribution in [0, 0.1) is 11.8 Å². The molecule has 0 radical (unpaired) electrons. The van der Waals surface area contributed by atoms with E-state index in [1.807, 2.05) is 0 Å². The number of carbonyl (C=O) groups is 1. The van der Waals surface area contributed by atoms with Crippen LogP contribution in [0.2, 0.25) is 0 Å². The molecule has 1 amide bonds. The summed E-state index contributed by atoms with van der Waals surface area (Å²) < 4.78 is 25.0. The fourth-order valence-electron chi connectivity index (χ4n) is 4.05. The largest absolute Gasteiger partial charge is 0.339 e. The monoisotopic (exact) mass is 344 g/mol. The molecule has 1 heterocycles. The maximum atomic E-state index is 12.9. The number of piperidine rings is 1. The first-order valence-corrected chi connectivity index (χ1v) is 11.0. The van der Waals surface area contributed by atoms with Crippen molar-refractivity contribution in [2.75, 3.05) is 19.3 Å². The zero-order valence-electron chi connectivity index (χ0n) is 14.6. The molecular weight excluding hydrogens is 312 g/mol. The van der Waals surface area contributed by atoms with Gasteiger partial charge in [-0.25, -0.2) is 13.1 Å². The quantitative estimate of drug-likeness (QED) is 0.805. The molecule has 2 rings (SSSR count). The molecule has 6 heteroatoms. The van der Waals surface area contributed by atoms with Gasteiger partial charge >= 0.3 is 0 Å². The van der Waals surface area contributed by atoms with E-state index < -0.39 is 10.0 Å². The zero-order valence-corrected chi connectivity index (χ0v) is 15.4. The number of likely N-dealkylation sites (tertiary alicyclic amines) is 1. The summed E-state index contributed by atoms with van der Waals surface area (Å²) in [4.78, 5) is 15.0. The minimum absolute atomic E-state index is 0.196. The van der Waals surface area contributed by atoms with Crippen molar-refractivity contribution in [1.29, 1.82) is 0 Å². The Labute approximate surface area is 141 Å². The van der Waals surface area contributed by atoms with Crippen LogP contribution in [0.25, 0.3) is 0 Å². The lowest BCUT2D eigenvalue weighted by Crippen LogP contribution is -2.48. The predicted molar refractivity (Wildman–Crippen MR) is 92.6 cm³/mol. The van der Waals surface area contributed by atoms with E-state index in [1.165, 1.54) is 25.5 Å². The van der Waals surface area contributed by atoms with E-state index in [-0.39, 0.29) is 12.0 Å². The van der Waals surface area contributed by atoms with E-state index in [1.54, 1.807) is 0 Å². The molecule has 23 heavy (non-hydrogen) atoms. The van der Waals surface area contributed by atoms with Crippen LogP contribution in [0.15, 0.2) is 0 Å². The van der Waals surface area contributed by atoms with E-state index >= 15 is 0 Å². The number of rotatable bonds is 6. The zero-order chi connectivity index (χ0) is 16.9. The first-order valence-electron chi connectivity index (χ1n) is 9.15. The Kier molecular flexibility index (Phi) is 6.89. The summed E-state index contributed by atoms with van der Waals surface area (Å²) in [6, 6.07) is 0.203. The normalized spacial score (nSPS) is 29.5. The highest BCUT2D eigenvalue weighted by Crippen LogP contribution is 2.33. The Balaban J connectivity index is 1.88. The van der Waals surface area contributed by atoms with Crippen LogP contribution >= 0.6 is 0 Å². The Morgan fingerprint density at radius 1 is 1.13 bits per heavy atom. The highest BCUT2D eigenvalue weighted by atomic mass is 32.2. The van der Waals surface area contributed by atoms with Gasteiger partial charge in [0, 0.05) is 25.0 Å². The summed E-state index contributed by atoms with van der Waals surface area (Å²) >= 11 is 0. The predicted octanol–water partition coefficient (Wildman–Crippen LogP) is 2.52. The maximum absolute atomic E-state index is 12.9. The molecule has 0 aromatic heterocycles. The average molecular weight is 345 g/mol. The van der Waals surface area contributed by atoms with Crippen LogP contribution in [-0.2, 0) is 14.8 Å². The van der Waals surface area contributed by atoms with Crippen LogP contribution in [0.1, 0.15) is 64.7 Å². The maximum Gasteiger partial charge on any atom is 0.225 e. The second-order valence-corrected chi connectivity index (χ2v) is 9.10. The SMILES string of the molecule is CCC1CCC(C(=O)N2CCCCC2CCNS(C)(=O)=O)CC1. The molecule has 1 aliphatic heterocycles. The lowest BCUT2D eigenvalue weighted by atomic mass is 9.80. The molecule has 1 saturated heterocycles. The summed E-state index contributed by atoms with van der Waals surface area (Å²) in [5.41, 5.74) is 0. The lowest BCUT2D eigenvalue weighted by Gasteiger charge is -2.39. The molecule has 0 bridgehead atoms. The van der Waals surface area contributed by atoms with Gasteiger partial charge in [-0.15, -0.1) is 0 Å². The van der Waals surface area contributed by atoms with Crippen LogP contribution < -0.4 is 4.72 Å². The first kappa shape index (κ1) is 18.7. The first-order chi connectivity index (χ1) is 10.9. The van der Waals surface area contributed by atoms with E-state index in [0.717, 1.165) is 51.0 Å². The van der Waals surface area contributed by atoms with E-state index in [4.69, 9.17) is 0 Å². The standard InChI is InChI=1S/C17H32N2O3S/c1-3-14-7-9-15(10-8-14)17(20)19-13-5-4-6-16(19)11-12-18-23(2,21)22/h14-16,18H,3-13H2,1-2H3. The Morgan fingerprint density at radius 2 is 1.83 bits per heavy atom. The van der Waals surface area contributed by atoms with E-state index in [9.17, 15) is 13.2 Å². The van der Waals surface area contributed by atoms with Gasteiger partial charge in [-0.1, -0.05) is 13.3 Å². The van der Waals surface area contributed by atoms with Gasteiger partial charge in [0.05, 0.1) is 6.26 Å². The molecule has 1 aliphatic carbocycles. The third-order valence-corrected chi connectivity index (χ3v) is 6.25. The topological polar surface area (TPSA) is 66.5 Å². The van der Waals surface area contributed by atoms with Crippen LogP contribution in [0.3, 0.4) is 0 Å². The van der Waals surface area contributed by atoms with Gasteiger partial charge in [0.15, 0.2) is 0 Å². The van der Waals surface area contributed by atoms with Gasteiger partial charge in [-0.3, -0.25) is 4.79 Å². The van der Waals surface area contributed by atoms with Crippen molar-refractivity contribution in [2.24, 2.45) is 11.8 Å². The summed E-state index contributed by atoms with van der Waals surface area (Å²) in [6.07, 6.45) is 10.8. The average Bonchev–Trinajstić information content (AvgIpc) is 2.53. The van der Waals surface area contributed by atoms with Crippen molar-refractivity contribution >= 4 is 15.9 Å². The number of nitrogens with one attached hydrogen (secondary N) is 1. The van der Waals surface area contributed by atoms with Gasteiger partial charge in [0.25, 0.3) is 0 Å². The molecule has 1 N–H and O–H groups in total. The third-order valence-electron chi connectivity index (χ3n) is 5.53. The van der Waals surface area contributed by atoms with Crippen molar-refractivity contribution in [3.05, 3.63) is 0 Å². The Morgan fingerprint density at radius 3 is 2.43 bits per heavy atom. The van der Waals surface area contributed by atoms with Gasteiger partial charge in [0.1, 0.15) is 0 Å². The summed E-state index contributed by atoms with van der Waals surface area (Å²) in [6.45, 7) is 3.51. The molecular formula is C17H32N2O3S. The smallest absolute Gasteiger partial charge is 0.225 e.